The lowest BCUT2D eigenvalue weighted by molar-refractivity contribution is -0.145. The van der Waals surface area contributed by atoms with Gasteiger partial charge in [-0.3, -0.25) is 28.5 Å². The first-order valence-corrected chi connectivity index (χ1v) is 17.5. The average Bonchev–Trinajstić information content (AvgIpc) is 3.41. The highest BCUT2D eigenvalue weighted by Crippen LogP contribution is 2.46. The van der Waals surface area contributed by atoms with Crippen LogP contribution in [0.5, 0.6) is 5.75 Å². The maximum atomic E-state index is 13.7. The Kier molecular flexibility index (Phi) is 15.4. The number of para-hydroxylation sites is 1. The lowest BCUT2D eigenvalue weighted by Gasteiger charge is -2.24. The number of nitrogens with zero attached hydrogens (tertiary/aromatic N) is 1. The summed E-state index contributed by atoms with van der Waals surface area (Å²) in [6.07, 6.45) is 4.10. The molecule has 1 aliphatic rings. The zero-order valence-corrected chi connectivity index (χ0v) is 28.0. The summed E-state index contributed by atoms with van der Waals surface area (Å²) in [5.74, 6) is 4.81. The van der Waals surface area contributed by atoms with Crippen LogP contribution in [0.15, 0.2) is 46.1 Å². The van der Waals surface area contributed by atoms with Crippen molar-refractivity contribution in [3.05, 3.63) is 62.9 Å². The highest BCUT2D eigenvalue weighted by Gasteiger charge is 2.39. The molecule has 4 N–H and O–H groups in total. The molecule has 2 heterocycles. The molecule has 14 nitrogen and oxygen atoms in total. The first kappa shape index (κ1) is 37.7. The summed E-state index contributed by atoms with van der Waals surface area (Å²) < 4.78 is 37.1. The molecule has 1 aliphatic heterocycles. The number of nitrogens with one attached hydrogen (secondary N) is 3. The topological polar surface area (TPSA) is 187 Å². The molecule has 1 fully saturated rings. The number of unbranched alkanes of at least 4 members (excludes halogenated alkanes) is 4. The second-order valence-corrected chi connectivity index (χ2v) is 12.8. The number of ether oxygens (including phenoxy) is 2. The van der Waals surface area contributed by atoms with Crippen LogP contribution >= 0.6 is 7.75 Å². The van der Waals surface area contributed by atoms with E-state index in [0.29, 0.717) is 12.8 Å². The smallest absolute Gasteiger partial charge is 0.459 e. The Bertz CT molecular complexity index is 1530. The third-order valence-electron chi connectivity index (χ3n) is 7.12. The molecule has 5 atom stereocenters. The number of aromatic nitrogens is 2. The largest absolute Gasteiger partial charge is 0.465 e. The summed E-state index contributed by atoms with van der Waals surface area (Å²) in [4.78, 5) is 51.6. The molecule has 258 valence electrons. The first-order chi connectivity index (χ1) is 22.5. The Morgan fingerprint density at radius 1 is 1.15 bits per heavy atom. The molecule has 47 heavy (non-hydrogen) atoms. The number of aliphatic hydroxyl groups excluding tert-OH is 1. The van der Waals surface area contributed by atoms with Crippen molar-refractivity contribution in [3.63, 3.8) is 0 Å². The van der Waals surface area contributed by atoms with E-state index in [0.717, 1.165) is 36.7 Å². The molecule has 0 saturated carbocycles. The fourth-order valence-electron chi connectivity index (χ4n) is 4.58. The van der Waals surface area contributed by atoms with E-state index in [9.17, 15) is 28.8 Å². The van der Waals surface area contributed by atoms with E-state index in [-0.39, 0.29) is 36.8 Å². The summed E-state index contributed by atoms with van der Waals surface area (Å²) in [7, 11) is -4.22. The first-order valence-electron chi connectivity index (χ1n) is 15.9. The van der Waals surface area contributed by atoms with Crippen LogP contribution in [-0.2, 0) is 28.2 Å². The Hall–Kier alpha value is -3.73. The van der Waals surface area contributed by atoms with Crippen molar-refractivity contribution in [2.45, 2.75) is 96.6 Å². The fourth-order valence-corrected chi connectivity index (χ4v) is 6.09. The summed E-state index contributed by atoms with van der Waals surface area (Å²) in [5, 5.41) is 16.0. The van der Waals surface area contributed by atoms with Gasteiger partial charge in [-0.05, 0) is 31.9 Å². The van der Waals surface area contributed by atoms with E-state index in [1.54, 1.807) is 30.3 Å². The van der Waals surface area contributed by atoms with Crippen molar-refractivity contribution in [3.8, 4) is 17.6 Å². The maximum Gasteiger partial charge on any atom is 0.459 e. The fraction of sp³-hybridized carbons (Fsp3) is 0.562. The van der Waals surface area contributed by atoms with Crippen LogP contribution in [0.3, 0.4) is 0 Å². The van der Waals surface area contributed by atoms with Gasteiger partial charge in [-0.15, -0.1) is 0 Å². The van der Waals surface area contributed by atoms with Crippen LogP contribution in [-0.4, -0.2) is 64.5 Å². The predicted molar refractivity (Wildman–Crippen MR) is 174 cm³/mol. The second kappa shape index (κ2) is 19.2. The van der Waals surface area contributed by atoms with Crippen molar-refractivity contribution < 1.29 is 37.8 Å². The lowest BCUT2D eigenvalue weighted by Crippen LogP contribution is -2.36. The average molecular weight is 677 g/mol. The van der Waals surface area contributed by atoms with E-state index >= 15 is 0 Å². The molecule has 1 saturated heterocycles. The summed E-state index contributed by atoms with van der Waals surface area (Å²) in [5.41, 5.74) is -1.53. The zero-order chi connectivity index (χ0) is 34.2. The number of carbonyl (C=O) groups excluding carboxylic acids is 2. The summed E-state index contributed by atoms with van der Waals surface area (Å²) in [6, 6.07) is 7.13. The van der Waals surface area contributed by atoms with Gasteiger partial charge in [0, 0.05) is 19.0 Å². The predicted octanol–water partition coefficient (Wildman–Crippen LogP) is 3.15. The highest BCUT2D eigenvalue weighted by atomic mass is 31.2. The van der Waals surface area contributed by atoms with Crippen LogP contribution < -0.4 is 26.2 Å². The van der Waals surface area contributed by atoms with Crippen LogP contribution in [0.2, 0.25) is 0 Å². The Labute approximate surface area is 274 Å². The van der Waals surface area contributed by atoms with E-state index in [1.165, 1.54) is 13.1 Å². The number of esters is 1. The minimum atomic E-state index is -4.22. The molecule has 0 spiro atoms. The third-order valence-corrected chi connectivity index (χ3v) is 8.76. The molecule has 1 aromatic heterocycles. The van der Waals surface area contributed by atoms with Gasteiger partial charge in [-0.2, -0.15) is 5.09 Å². The number of hydrogen-bond acceptors (Lipinski definition) is 10. The summed E-state index contributed by atoms with van der Waals surface area (Å²) in [6.45, 7) is 5.19. The maximum absolute atomic E-state index is 13.7. The SMILES string of the molecule is CCCCCCCC(=O)NCC#Cc1cn([C@H]2C[C@H](O)[C@@H](COP(=O)(N[C@@H](C)C(=O)OCCC)Oc3ccccc3)O2)c(=O)[nH]c1=O. The molecule has 0 radical (unpaired) electrons. The molecule has 3 rings (SSSR count). The van der Waals surface area contributed by atoms with Crippen molar-refractivity contribution in [2.75, 3.05) is 19.8 Å². The molecule has 2 aromatic rings. The monoisotopic (exact) mass is 676 g/mol. The van der Waals surface area contributed by atoms with Crippen molar-refractivity contribution in [1.82, 2.24) is 20.0 Å². The Morgan fingerprint density at radius 3 is 2.62 bits per heavy atom. The highest BCUT2D eigenvalue weighted by molar-refractivity contribution is 7.52. The Morgan fingerprint density at radius 2 is 1.89 bits per heavy atom. The third kappa shape index (κ3) is 12.4. The van der Waals surface area contributed by atoms with Gasteiger partial charge in [-0.1, -0.05) is 69.6 Å². The minimum Gasteiger partial charge on any atom is -0.465 e. The minimum absolute atomic E-state index is 0.0263. The molecule has 1 unspecified atom stereocenters. The van der Waals surface area contributed by atoms with Crippen molar-refractivity contribution >= 4 is 19.6 Å². The van der Waals surface area contributed by atoms with Gasteiger partial charge in [0.25, 0.3) is 5.56 Å². The van der Waals surface area contributed by atoms with E-state index in [4.69, 9.17) is 18.5 Å². The summed E-state index contributed by atoms with van der Waals surface area (Å²) >= 11 is 0. The van der Waals surface area contributed by atoms with Gasteiger partial charge >= 0.3 is 19.4 Å². The number of aromatic amines is 1. The molecular weight excluding hydrogens is 631 g/mol. The van der Waals surface area contributed by atoms with Gasteiger partial charge < -0.3 is 24.4 Å². The standard InChI is InChI=1S/C32H45N4O10P/c1-4-6-7-8-12-17-28(38)33-18-13-14-24-21-36(32(41)34-30(24)39)29-20-26(37)27(45-29)22-44-47(42,46-25-15-10-9-11-16-25)35-23(3)31(40)43-19-5-2/h9-11,15-16,21,23,26-27,29,37H,4-8,12,17-20,22H2,1-3H3,(H,33,38)(H,35,42)(H,34,39,41)/t23-,26-,27+,29+,47?/m0/s1. The molecule has 0 aliphatic carbocycles. The Balaban J connectivity index is 1.64. The zero-order valence-electron chi connectivity index (χ0n) is 27.1. The van der Waals surface area contributed by atoms with Crippen molar-refractivity contribution in [1.29, 1.82) is 0 Å². The lowest BCUT2D eigenvalue weighted by atomic mass is 10.1. The van der Waals surface area contributed by atoms with Gasteiger partial charge in [-0.25, -0.2) is 9.36 Å². The van der Waals surface area contributed by atoms with Crippen LogP contribution in [0.1, 0.15) is 83.9 Å². The van der Waals surface area contributed by atoms with E-state index in [1.807, 2.05) is 6.92 Å². The number of aliphatic hydroxyl groups is 1. The molecule has 0 bridgehead atoms. The number of benzene rings is 1. The van der Waals surface area contributed by atoms with Gasteiger partial charge in [0.2, 0.25) is 5.91 Å². The van der Waals surface area contributed by atoms with Gasteiger partial charge in [0.05, 0.1) is 25.9 Å². The van der Waals surface area contributed by atoms with Crippen LogP contribution in [0, 0.1) is 11.8 Å². The van der Waals surface area contributed by atoms with Crippen LogP contribution in [0.25, 0.3) is 0 Å². The second-order valence-electron chi connectivity index (χ2n) is 11.1. The van der Waals surface area contributed by atoms with Crippen molar-refractivity contribution in [2.24, 2.45) is 0 Å². The normalized spacial score (nSPS) is 19.2. The van der Waals surface area contributed by atoms with Gasteiger partial charge in [0.1, 0.15) is 29.7 Å². The molecule has 15 heteroatoms. The van der Waals surface area contributed by atoms with E-state index in [2.05, 4.69) is 34.2 Å². The molecular formula is C32H45N4O10P. The number of H-pyrrole nitrogens is 1. The number of hydrogen-bond donors (Lipinski definition) is 4. The van der Waals surface area contributed by atoms with E-state index < -0.39 is 56.0 Å². The van der Waals surface area contributed by atoms with Gasteiger partial charge in [0.15, 0.2) is 0 Å². The molecule has 1 amide bonds. The number of rotatable bonds is 18. The number of amides is 1. The quantitative estimate of drug-likeness (QED) is 0.0786. The van der Waals surface area contributed by atoms with Crippen LogP contribution in [0.4, 0.5) is 0 Å². The number of carbonyl (C=O) groups is 2. The molecule has 1 aromatic carbocycles.